The average molecular weight is 302 g/mol. The molecule has 0 aliphatic carbocycles. The minimum Gasteiger partial charge on any atom is -0.370 e. The second kappa shape index (κ2) is 6.94. The molecule has 0 spiro atoms. The summed E-state index contributed by atoms with van der Waals surface area (Å²) >= 11 is 0. The molecule has 1 aromatic carbocycles. The predicted molar refractivity (Wildman–Crippen MR) is 86.0 cm³/mol. The lowest BCUT2D eigenvalue weighted by atomic mass is 10.1. The molecule has 1 aliphatic heterocycles. The topological polar surface area (TPSA) is 47.7 Å². The highest BCUT2D eigenvalue weighted by Gasteiger charge is 2.14. The number of benzene rings is 1. The van der Waals surface area contributed by atoms with Gasteiger partial charge in [0.05, 0.1) is 32.7 Å². The third-order valence-electron chi connectivity index (χ3n) is 4.33. The van der Waals surface area contributed by atoms with Gasteiger partial charge in [-0.1, -0.05) is 18.2 Å². The molecule has 0 atom stereocenters. The first-order valence-corrected chi connectivity index (χ1v) is 7.95. The Balaban J connectivity index is 1.52. The average Bonchev–Trinajstić information content (AvgIpc) is 2.85. The third-order valence-corrected chi connectivity index (χ3v) is 4.33. The molecule has 2 N–H and O–H groups in total. The molecule has 0 radical (unpaired) electrons. The Labute approximate surface area is 130 Å². The molecule has 5 heteroatoms. The van der Waals surface area contributed by atoms with Crippen LogP contribution in [0.15, 0.2) is 30.5 Å². The number of amides is 1. The molecule has 118 valence electrons. The smallest absolute Gasteiger partial charge is 0.224 e. The molecule has 0 unspecified atom stereocenters. The number of ether oxygens (including phenoxy) is 1. The van der Waals surface area contributed by atoms with E-state index >= 15 is 0 Å². The quantitative estimate of drug-likeness (QED) is 0.800. The van der Waals surface area contributed by atoms with Crippen molar-refractivity contribution in [1.29, 1.82) is 0 Å². The maximum Gasteiger partial charge on any atom is 0.224 e. The van der Waals surface area contributed by atoms with Crippen LogP contribution in [-0.2, 0) is 23.0 Å². The fraction of sp³-hybridized carbons (Fsp3) is 0.471. The van der Waals surface area contributed by atoms with Crippen LogP contribution < -0.4 is 10.2 Å². The number of nitrogens with one attached hydrogen (secondary N) is 2. The molecule has 5 nitrogen and oxygen atoms in total. The van der Waals surface area contributed by atoms with Crippen LogP contribution in [0.25, 0.3) is 10.9 Å². The summed E-state index contributed by atoms with van der Waals surface area (Å²) in [7, 11) is 2.02. The van der Waals surface area contributed by atoms with Gasteiger partial charge in [-0.05, 0) is 11.6 Å². The lowest BCUT2D eigenvalue weighted by Crippen LogP contribution is -3.14. The van der Waals surface area contributed by atoms with Crippen molar-refractivity contribution in [2.45, 2.75) is 6.42 Å². The first kappa shape index (κ1) is 15.1. The molecule has 1 saturated heterocycles. The highest BCUT2D eigenvalue weighted by Crippen LogP contribution is 2.20. The molecule has 3 rings (SSSR count). The van der Waals surface area contributed by atoms with Gasteiger partial charge in [0, 0.05) is 24.1 Å². The summed E-state index contributed by atoms with van der Waals surface area (Å²) in [4.78, 5) is 13.7. The Morgan fingerprint density at radius 2 is 2.09 bits per heavy atom. The van der Waals surface area contributed by atoms with Gasteiger partial charge < -0.3 is 19.5 Å². The van der Waals surface area contributed by atoms with E-state index in [1.807, 2.05) is 19.2 Å². The van der Waals surface area contributed by atoms with Crippen LogP contribution in [-0.4, -0.2) is 49.9 Å². The first-order valence-electron chi connectivity index (χ1n) is 7.95. The summed E-state index contributed by atoms with van der Waals surface area (Å²) in [5, 5.41) is 4.21. The summed E-state index contributed by atoms with van der Waals surface area (Å²) in [6.45, 7) is 5.46. The van der Waals surface area contributed by atoms with Gasteiger partial charge in [-0.2, -0.15) is 0 Å². The van der Waals surface area contributed by atoms with Crippen LogP contribution in [0, 0.1) is 0 Å². The number of rotatable bonds is 5. The number of fused-ring (bicyclic) bond motifs is 1. The minimum absolute atomic E-state index is 0.101. The number of aryl methyl sites for hydroxylation is 1. The molecule has 2 aromatic rings. The highest BCUT2D eigenvalue weighted by molar-refractivity contribution is 5.89. The summed E-state index contributed by atoms with van der Waals surface area (Å²) in [5.41, 5.74) is 2.26. The zero-order chi connectivity index (χ0) is 15.4. The van der Waals surface area contributed by atoms with Gasteiger partial charge in [-0.25, -0.2) is 0 Å². The van der Waals surface area contributed by atoms with Gasteiger partial charge in [-0.3, -0.25) is 4.79 Å². The van der Waals surface area contributed by atoms with Gasteiger partial charge in [0.15, 0.2) is 0 Å². The van der Waals surface area contributed by atoms with Crippen molar-refractivity contribution in [3.05, 3.63) is 36.0 Å². The van der Waals surface area contributed by atoms with Gasteiger partial charge in [0.25, 0.3) is 0 Å². The van der Waals surface area contributed by atoms with Gasteiger partial charge in [-0.15, -0.1) is 0 Å². The van der Waals surface area contributed by atoms with Gasteiger partial charge in [0.1, 0.15) is 13.1 Å². The van der Waals surface area contributed by atoms with Crippen LogP contribution in [0.4, 0.5) is 0 Å². The lowest BCUT2D eigenvalue weighted by Gasteiger charge is -2.23. The maximum atomic E-state index is 12.2. The Morgan fingerprint density at radius 3 is 2.91 bits per heavy atom. The maximum absolute atomic E-state index is 12.2. The lowest BCUT2D eigenvalue weighted by molar-refractivity contribution is -0.906. The fourth-order valence-corrected chi connectivity index (χ4v) is 3.09. The first-order chi connectivity index (χ1) is 10.7. The molecule has 1 aliphatic rings. The number of nitrogens with zero attached hydrogens (tertiary/aromatic N) is 1. The van der Waals surface area contributed by atoms with Gasteiger partial charge in [0.2, 0.25) is 5.91 Å². The van der Waals surface area contributed by atoms with E-state index in [1.165, 1.54) is 15.8 Å². The van der Waals surface area contributed by atoms with Crippen molar-refractivity contribution in [2.75, 3.05) is 39.4 Å². The Hall–Kier alpha value is -1.85. The molecular weight excluding hydrogens is 278 g/mol. The number of carbonyl (C=O) groups is 1. The standard InChI is InChI=1S/C17H23N3O2/c1-19-13-14(15-4-2-3-5-16(15)19)12-17(21)18-6-7-20-8-10-22-11-9-20/h2-5,13H,6-12H2,1H3,(H,18,21)/p+1. The van der Waals surface area contributed by atoms with Crippen molar-refractivity contribution in [3.8, 4) is 0 Å². The van der Waals surface area contributed by atoms with Crippen molar-refractivity contribution >= 4 is 16.8 Å². The Kier molecular flexibility index (Phi) is 4.75. The zero-order valence-electron chi connectivity index (χ0n) is 13.1. The van der Waals surface area contributed by atoms with E-state index in [0.717, 1.165) is 45.0 Å². The number of aromatic nitrogens is 1. The van der Waals surface area contributed by atoms with E-state index in [9.17, 15) is 4.79 Å². The van der Waals surface area contributed by atoms with E-state index in [-0.39, 0.29) is 5.91 Å². The number of carbonyl (C=O) groups excluding carboxylic acids is 1. The van der Waals surface area contributed by atoms with Crippen LogP contribution in [0.2, 0.25) is 0 Å². The summed E-state index contributed by atoms with van der Waals surface area (Å²) < 4.78 is 7.42. The normalized spacial score (nSPS) is 16.0. The van der Waals surface area contributed by atoms with Gasteiger partial charge >= 0.3 is 0 Å². The SMILES string of the molecule is Cn1cc(CC(=O)NCC[NH+]2CCOCC2)c2ccccc21. The predicted octanol–water partition coefficient (Wildman–Crippen LogP) is -0.248. The third kappa shape index (κ3) is 3.48. The fourth-order valence-electron chi connectivity index (χ4n) is 3.09. The van der Waals surface area contributed by atoms with E-state index in [1.54, 1.807) is 0 Å². The molecule has 22 heavy (non-hydrogen) atoms. The number of hydrogen-bond donors (Lipinski definition) is 2. The van der Waals surface area contributed by atoms with E-state index in [2.05, 4.69) is 28.2 Å². The molecule has 1 aromatic heterocycles. The van der Waals surface area contributed by atoms with Crippen LogP contribution >= 0.6 is 0 Å². The van der Waals surface area contributed by atoms with E-state index < -0.39 is 0 Å². The molecule has 0 bridgehead atoms. The Morgan fingerprint density at radius 1 is 1.32 bits per heavy atom. The second-order valence-electron chi connectivity index (χ2n) is 5.92. The van der Waals surface area contributed by atoms with Crippen molar-refractivity contribution in [3.63, 3.8) is 0 Å². The second-order valence-corrected chi connectivity index (χ2v) is 5.92. The van der Waals surface area contributed by atoms with Crippen molar-refractivity contribution in [1.82, 2.24) is 9.88 Å². The van der Waals surface area contributed by atoms with E-state index in [0.29, 0.717) is 6.42 Å². The summed E-state index contributed by atoms with van der Waals surface area (Å²) in [6.07, 6.45) is 2.50. The summed E-state index contributed by atoms with van der Waals surface area (Å²) in [5.74, 6) is 0.101. The van der Waals surface area contributed by atoms with E-state index in [4.69, 9.17) is 4.74 Å². The monoisotopic (exact) mass is 302 g/mol. The molecule has 0 saturated carbocycles. The molecule has 1 fully saturated rings. The largest absolute Gasteiger partial charge is 0.370 e. The Bertz CT molecular complexity index is 644. The molecule has 2 heterocycles. The zero-order valence-corrected chi connectivity index (χ0v) is 13.1. The van der Waals surface area contributed by atoms with Crippen molar-refractivity contribution in [2.24, 2.45) is 7.05 Å². The molecular formula is C17H24N3O2+. The number of quaternary nitrogens is 1. The van der Waals surface area contributed by atoms with Crippen LogP contribution in [0.5, 0.6) is 0 Å². The highest BCUT2D eigenvalue weighted by atomic mass is 16.5. The number of hydrogen-bond acceptors (Lipinski definition) is 2. The number of morpholine rings is 1. The molecule has 1 amide bonds. The van der Waals surface area contributed by atoms with Crippen LogP contribution in [0.1, 0.15) is 5.56 Å². The summed E-state index contributed by atoms with van der Waals surface area (Å²) in [6, 6.07) is 8.21. The minimum atomic E-state index is 0.101. The number of para-hydroxylation sites is 1. The van der Waals surface area contributed by atoms with Crippen molar-refractivity contribution < 1.29 is 14.4 Å². The van der Waals surface area contributed by atoms with Crippen LogP contribution in [0.3, 0.4) is 0 Å².